The average Bonchev–Trinajstić information content (AvgIpc) is 2.54. The van der Waals surface area contributed by atoms with Crippen molar-refractivity contribution in [2.75, 3.05) is 7.11 Å². The summed E-state index contributed by atoms with van der Waals surface area (Å²) in [6.45, 7) is 4.24. The minimum atomic E-state index is -0.597. The molecule has 0 unspecified atom stereocenters. The van der Waals surface area contributed by atoms with Crippen LogP contribution in [-0.2, 0) is 11.3 Å². The van der Waals surface area contributed by atoms with Crippen LogP contribution in [-0.4, -0.2) is 19.1 Å². The van der Waals surface area contributed by atoms with Gasteiger partial charge in [-0.25, -0.2) is 0 Å². The lowest BCUT2D eigenvalue weighted by atomic mass is 10.1. The van der Waals surface area contributed by atoms with Crippen LogP contribution in [0.5, 0.6) is 11.5 Å². The van der Waals surface area contributed by atoms with E-state index in [1.54, 1.807) is 26.2 Å². The molecule has 0 aliphatic rings. The molecule has 2 aromatic rings. The van der Waals surface area contributed by atoms with E-state index in [4.69, 9.17) is 9.47 Å². The molecule has 1 amide bonds. The van der Waals surface area contributed by atoms with E-state index in [0.717, 1.165) is 11.1 Å². The Morgan fingerprint density at radius 3 is 2.41 bits per heavy atom. The normalized spacial score (nSPS) is 11.6. The van der Waals surface area contributed by atoms with Gasteiger partial charge in [-0.05, 0) is 37.1 Å². The zero-order chi connectivity index (χ0) is 15.9. The fourth-order valence-electron chi connectivity index (χ4n) is 2.09. The molecule has 1 atom stereocenters. The van der Waals surface area contributed by atoms with E-state index in [2.05, 4.69) is 5.32 Å². The molecule has 22 heavy (non-hydrogen) atoms. The van der Waals surface area contributed by atoms with Crippen LogP contribution in [0, 0.1) is 6.92 Å². The predicted octanol–water partition coefficient (Wildman–Crippen LogP) is 3.09. The molecule has 2 aromatic carbocycles. The number of carbonyl (C=O) groups excluding carboxylic acids is 1. The van der Waals surface area contributed by atoms with Crippen molar-refractivity contribution in [2.24, 2.45) is 0 Å². The summed E-state index contributed by atoms with van der Waals surface area (Å²) in [5, 5.41) is 2.89. The molecule has 0 aromatic heterocycles. The van der Waals surface area contributed by atoms with Crippen LogP contribution in [0.3, 0.4) is 0 Å². The number of methoxy groups -OCH3 is 1. The number of benzene rings is 2. The van der Waals surface area contributed by atoms with Crippen molar-refractivity contribution < 1.29 is 14.3 Å². The molecule has 116 valence electrons. The van der Waals surface area contributed by atoms with E-state index < -0.39 is 6.10 Å². The third kappa shape index (κ3) is 4.01. The SMILES string of the molecule is COc1ccccc1O[C@@H](C)C(=O)NCc1ccccc1C. The summed E-state index contributed by atoms with van der Waals surface area (Å²) in [5.41, 5.74) is 2.25. The van der Waals surface area contributed by atoms with E-state index >= 15 is 0 Å². The van der Waals surface area contributed by atoms with Crippen LogP contribution in [0.4, 0.5) is 0 Å². The molecule has 0 aliphatic carbocycles. The molecule has 4 heteroatoms. The van der Waals surface area contributed by atoms with Crippen molar-refractivity contribution in [1.82, 2.24) is 5.32 Å². The Hall–Kier alpha value is -2.49. The molecule has 1 N–H and O–H groups in total. The quantitative estimate of drug-likeness (QED) is 0.891. The Balaban J connectivity index is 1.94. The fourth-order valence-corrected chi connectivity index (χ4v) is 2.09. The van der Waals surface area contributed by atoms with Crippen LogP contribution >= 0.6 is 0 Å². The van der Waals surface area contributed by atoms with Gasteiger partial charge in [-0.3, -0.25) is 4.79 Å². The first kappa shape index (κ1) is 15.9. The number of carbonyl (C=O) groups is 1. The second-order valence-corrected chi connectivity index (χ2v) is 5.06. The van der Waals surface area contributed by atoms with Crippen LogP contribution in [0.1, 0.15) is 18.1 Å². The summed E-state index contributed by atoms with van der Waals surface area (Å²) in [5.74, 6) is 1.01. The Morgan fingerprint density at radius 1 is 1.09 bits per heavy atom. The van der Waals surface area contributed by atoms with Gasteiger partial charge in [0, 0.05) is 6.54 Å². The number of amides is 1. The Labute approximate surface area is 131 Å². The standard InChI is InChI=1S/C18H21NO3/c1-13-8-4-5-9-15(13)12-19-18(20)14(2)22-17-11-7-6-10-16(17)21-3/h4-11,14H,12H2,1-3H3,(H,19,20)/t14-/m0/s1. The van der Waals surface area contributed by atoms with E-state index in [9.17, 15) is 4.79 Å². The van der Waals surface area contributed by atoms with Crippen molar-refractivity contribution in [1.29, 1.82) is 0 Å². The summed E-state index contributed by atoms with van der Waals surface area (Å²) in [4.78, 5) is 12.2. The van der Waals surface area contributed by atoms with Crippen LogP contribution in [0.25, 0.3) is 0 Å². The van der Waals surface area contributed by atoms with E-state index in [1.807, 2.05) is 43.3 Å². The molecule has 0 saturated heterocycles. The Bertz CT molecular complexity index is 640. The maximum atomic E-state index is 12.2. The van der Waals surface area contributed by atoms with Gasteiger partial charge in [0.15, 0.2) is 17.6 Å². The van der Waals surface area contributed by atoms with E-state index in [0.29, 0.717) is 18.0 Å². The van der Waals surface area contributed by atoms with Gasteiger partial charge in [0.05, 0.1) is 7.11 Å². The molecule has 2 rings (SSSR count). The largest absolute Gasteiger partial charge is 0.493 e. The predicted molar refractivity (Wildman–Crippen MR) is 86.1 cm³/mol. The minimum Gasteiger partial charge on any atom is -0.493 e. The van der Waals surface area contributed by atoms with Crippen LogP contribution < -0.4 is 14.8 Å². The number of para-hydroxylation sites is 2. The van der Waals surface area contributed by atoms with Crippen molar-refractivity contribution in [3.63, 3.8) is 0 Å². The monoisotopic (exact) mass is 299 g/mol. The first-order chi connectivity index (χ1) is 10.6. The van der Waals surface area contributed by atoms with E-state index in [-0.39, 0.29) is 5.91 Å². The molecular formula is C18H21NO3. The highest BCUT2D eigenvalue weighted by atomic mass is 16.5. The first-order valence-electron chi connectivity index (χ1n) is 7.23. The average molecular weight is 299 g/mol. The molecular weight excluding hydrogens is 278 g/mol. The maximum Gasteiger partial charge on any atom is 0.261 e. The van der Waals surface area contributed by atoms with Crippen molar-refractivity contribution in [3.05, 3.63) is 59.7 Å². The van der Waals surface area contributed by atoms with Gasteiger partial charge in [0.1, 0.15) is 0 Å². The van der Waals surface area contributed by atoms with Gasteiger partial charge in [-0.2, -0.15) is 0 Å². The molecule has 0 saturated carbocycles. The molecule has 0 fully saturated rings. The topological polar surface area (TPSA) is 47.6 Å². The van der Waals surface area contributed by atoms with Gasteiger partial charge >= 0.3 is 0 Å². The van der Waals surface area contributed by atoms with E-state index in [1.165, 1.54) is 0 Å². The zero-order valence-electron chi connectivity index (χ0n) is 13.1. The molecule has 0 radical (unpaired) electrons. The van der Waals surface area contributed by atoms with Crippen molar-refractivity contribution >= 4 is 5.91 Å². The summed E-state index contributed by atoms with van der Waals surface area (Å²) in [7, 11) is 1.57. The second kappa shape index (κ2) is 7.50. The highest BCUT2D eigenvalue weighted by molar-refractivity contribution is 5.80. The van der Waals surface area contributed by atoms with Gasteiger partial charge in [-0.15, -0.1) is 0 Å². The fraction of sp³-hybridized carbons (Fsp3) is 0.278. The number of aryl methyl sites for hydroxylation is 1. The molecule has 0 aliphatic heterocycles. The molecule has 0 spiro atoms. The molecule has 0 heterocycles. The Kier molecular flexibility index (Phi) is 5.42. The number of ether oxygens (including phenoxy) is 2. The maximum absolute atomic E-state index is 12.2. The van der Waals surface area contributed by atoms with Gasteiger partial charge < -0.3 is 14.8 Å². The summed E-state index contributed by atoms with van der Waals surface area (Å²) in [6.07, 6.45) is -0.597. The lowest BCUT2D eigenvalue weighted by molar-refractivity contribution is -0.127. The van der Waals surface area contributed by atoms with Crippen molar-refractivity contribution in [3.8, 4) is 11.5 Å². The van der Waals surface area contributed by atoms with Crippen LogP contribution in [0.2, 0.25) is 0 Å². The number of rotatable bonds is 6. The summed E-state index contributed by atoms with van der Waals surface area (Å²) >= 11 is 0. The van der Waals surface area contributed by atoms with Crippen molar-refractivity contribution in [2.45, 2.75) is 26.5 Å². The summed E-state index contributed by atoms with van der Waals surface area (Å²) in [6, 6.07) is 15.2. The third-order valence-corrected chi connectivity index (χ3v) is 3.46. The second-order valence-electron chi connectivity index (χ2n) is 5.06. The number of nitrogens with one attached hydrogen (secondary N) is 1. The molecule has 0 bridgehead atoms. The third-order valence-electron chi connectivity index (χ3n) is 3.46. The number of hydrogen-bond acceptors (Lipinski definition) is 3. The van der Waals surface area contributed by atoms with Gasteiger partial charge in [0.2, 0.25) is 0 Å². The minimum absolute atomic E-state index is 0.158. The summed E-state index contributed by atoms with van der Waals surface area (Å²) < 4.78 is 10.9. The zero-order valence-corrected chi connectivity index (χ0v) is 13.1. The lowest BCUT2D eigenvalue weighted by Gasteiger charge is -2.17. The molecule has 4 nitrogen and oxygen atoms in total. The Morgan fingerprint density at radius 2 is 1.73 bits per heavy atom. The first-order valence-corrected chi connectivity index (χ1v) is 7.23. The van der Waals surface area contributed by atoms with Crippen LogP contribution in [0.15, 0.2) is 48.5 Å². The lowest BCUT2D eigenvalue weighted by Crippen LogP contribution is -2.36. The number of hydrogen-bond donors (Lipinski definition) is 1. The smallest absolute Gasteiger partial charge is 0.261 e. The highest BCUT2D eigenvalue weighted by Crippen LogP contribution is 2.26. The van der Waals surface area contributed by atoms with Gasteiger partial charge in [0.25, 0.3) is 5.91 Å². The highest BCUT2D eigenvalue weighted by Gasteiger charge is 2.16. The van der Waals surface area contributed by atoms with Gasteiger partial charge in [-0.1, -0.05) is 36.4 Å².